The zero-order valence-corrected chi connectivity index (χ0v) is 11.9. The van der Waals surface area contributed by atoms with Gasteiger partial charge in [-0.1, -0.05) is 24.3 Å². The molecule has 22 heavy (non-hydrogen) atoms. The third-order valence-corrected chi connectivity index (χ3v) is 3.09. The van der Waals surface area contributed by atoms with E-state index in [4.69, 9.17) is 4.74 Å². The van der Waals surface area contributed by atoms with Crippen LogP contribution in [-0.4, -0.2) is 9.78 Å². The summed E-state index contributed by atoms with van der Waals surface area (Å²) in [6, 6.07) is 15.6. The first-order valence-electron chi connectivity index (χ1n) is 6.97. The lowest BCUT2D eigenvalue weighted by atomic mass is 10.2. The van der Waals surface area contributed by atoms with Crippen LogP contribution < -0.4 is 4.74 Å². The normalized spacial score (nSPS) is 11.0. The molecule has 110 valence electrons. The van der Waals surface area contributed by atoms with Gasteiger partial charge in [-0.2, -0.15) is 5.10 Å². The average molecular weight is 294 g/mol. The van der Waals surface area contributed by atoms with Crippen LogP contribution in [0.1, 0.15) is 5.56 Å². The molecule has 0 aliphatic rings. The quantitative estimate of drug-likeness (QED) is 0.691. The number of ether oxygens (including phenoxy) is 1. The van der Waals surface area contributed by atoms with Gasteiger partial charge < -0.3 is 4.74 Å². The number of halogens is 1. The number of hydrogen-bond acceptors (Lipinski definition) is 2. The second-order valence-corrected chi connectivity index (χ2v) is 4.76. The highest BCUT2D eigenvalue weighted by atomic mass is 19.1. The molecule has 0 radical (unpaired) electrons. The number of allylic oxidation sites excluding steroid dienone is 1. The van der Waals surface area contributed by atoms with Crippen molar-refractivity contribution in [3.8, 4) is 11.5 Å². The Morgan fingerprint density at radius 3 is 2.32 bits per heavy atom. The molecule has 1 aromatic heterocycles. The van der Waals surface area contributed by atoms with Crippen molar-refractivity contribution in [3.63, 3.8) is 0 Å². The third-order valence-electron chi connectivity index (χ3n) is 3.09. The minimum atomic E-state index is -0.273. The Bertz CT molecular complexity index is 732. The first-order chi connectivity index (χ1) is 10.8. The summed E-state index contributed by atoms with van der Waals surface area (Å²) in [6.07, 6.45) is 7.76. The maximum Gasteiger partial charge on any atom is 0.127 e. The van der Waals surface area contributed by atoms with Crippen LogP contribution >= 0.6 is 0 Å². The predicted molar refractivity (Wildman–Crippen MR) is 84.2 cm³/mol. The van der Waals surface area contributed by atoms with Gasteiger partial charge in [0.05, 0.1) is 6.54 Å². The summed E-state index contributed by atoms with van der Waals surface area (Å²) in [6.45, 7) is 0.737. The Labute approximate surface area is 128 Å². The van der Waals surface area contributed by atoms with Gasteiger partial charge in [0.2, 0.25) is 0 Å². The van der Waals surface area contributed by atoms with Gasteiger partial charge in [0.1, 0.15) is 17.3 Å². The average Bonchev–Trinajstić information content (AvgIpc) is 3.05. The lowest BCUT2D eigenvalue weighted by Crippen LogP contribution is -1.93. The van der Waals surface area contributed by atoms with Crippen LogP contribution in [0.2, 0.25) is 0 Å². The fourth-order valence-electron chi connectivity index (χ4n) is 1.99. The van der Waals surface area contributed by atoms with E-state index in [1.807, 2.05) is 53.4 Å². The molecule has 0 saturated heterocycles. The molecule has 3 nitrogen and oxygen atoms in total. The lowest BCUT2D eigenvalue weighted by Gasteiger charge is -2.05. The summed E-state index contributed by atoms with van der Waals surface area (Å²) in [5.74, 6) is 1.06. The fraction of sp³-hybridized carbons (Fsp3) is 0.0556. The van der Waals surface area contributed by atoms with Crippen molar-refractivity contribution in [2.24, 2.45) is 0 Å². The Kier molecular flexibility index (Phi) is 4.30. The molecule has 0 spiro atoms. The smallest absolute Gasteiger partial charge is 0.127 e. The fourth-order valence-corrected chi connectivity index (χ4v) is 1.99. The molecule has 4 heteroatoms. The SMILES string of the molecule is Fc1ccc(Oc2ccc(C=CCn3cccn3)cc2)cc1. The predicted octanol–water partition coefficient (Wildman–Crippen LogP) is 4.53. The molecule has 0 atom stereocenters. The van der Waals surface area contributed by atoms with Crippen molar-refractivity contribution in [1.29, 1.82) is 0 Å². The van der Waals surface area contributed by atoms with Gasteiger partial charge in [0.25, 0.3) is 0 Å². The summed E-state index contributed by atoms with van der Waals surface area (Å²) in [7, 11) is 0. The van der Waals surface area contributed by atoms with Gasteiger partial charge in [-0.3, -0.25) is 4.68 Å². The summed E-state index contributed by atoms with van der Waals surface area (Å²) < 4.78 is 20.3. The van der Waals surface area contributed by atoms with Crippen molar-refractivity contribution in [2.75, 3.05) is 0 Å². The van der Waals surface area contributed by atoms with Gasteiger partial charge in [0, 0.05) is 12.4 Å². The molecule has 0 saturated carbocycles. The molecule has 1 heterocycles. The van der Waals surface area contributed by atoms with Crippen LogP contribution in [0.4, 0.5) is 4.39 Å². The molecular weight excluding hydrogens is 279 g/mol. The van der Waals surface area contributed by atoms with E-state index >= 15 is 0 Å². The molecule has 0 amide bonds. The van der Waals surface area contributed by atoms with E-state index in [0.717, 1.165) is 17.9 Å². The molecule has 2 aromatic carbocycles. The van der Waals surface area contributed by atoms with Crippen molar-refractivity contribution < 1.29 is 9.13 Å². The molecule has 0 N–H and O–H groups in total. The largest absolute Gasteiger partial charge is 0.457 e. The summed E-state index contributed by atoms with van der Waals surface area (Å²) in [5, 5.41) is 4.13. The first-order valence-corrected chi connectivity index (χ1v) is 6.97. The van der Waals surface area contributed by atoms with E-state index in [1.165, 1.54) is 12.1 Å². The van der Waals surface area contributed by atoms with Crippen LogP contribution in [0.25, 0.3) is 6.08 Å². The molecule has 0 aliphatic carbocycles. The number of nitrogens with zero attached hydrogens (tertiary/aromatic N) is 2. The van der Waals surface area contributed by atoms with Crippen molar-refractivity contribution in [2.45, 2.75) is 6.54 Å². The second kappa shape index (κ2) is 6.72. The van der Waals surface area contributed by atoms with E-state index in [9.17, 15) is 4.39 Å². The summed E-state index contributed by atoms with van der Waals surface area (Å²) in [4.78, 5) is 0. The highest BCUT2D eigenvalue weighted by Crippen LogP contribution is 2.22. The van der Waals surface area contributed by atoms with E-state index in [0.29, 0.717) is 5.75 Å². The summed E-state index contributed by atoms with van der Waals surface area (Å²) >= 11 is 0. The number of benzene rings is 2. The lowest BCUT2D eigenvalue weighted by molar-refractivity contribution is 0.480. The van der Waals surface area contributed by atoms with Gasteiger partial charge >= 0.3 is 0 Å². The van der Waals surface area contributed by atoms with E-state index in [-0.39, 0.29) is 5.82 Å². The maximum atomic E-state index is 12.8. The monoisotopic (exact) mass is 294 g/mol. The van der Waals surface area contributed by atoms with E-state index in [1.54, 1.807) is 18.3 Å². The minimum Gasteiger partial charge on any atom is -0.457 e. The van der Waals surface area contributed by atoms with Gasteiger partial charge in [0.15, 0.2) is 0 Å². The molecule has 0 fully saturated rings. The molecule has 3 aromatic rings. The van der Waals surface area contributed by atoms with Gasteiger partial charge in [-0.25, -0.2) is 4.39 Å². The Morgan fingerprint density at radius 1 is 1.00 bits per heavy atom. The van der Waals surface area contributed by atoms with Crippen LogP contribution in [0, 0.1) is 5.82 Å². The first kappa shape index (κ1) is 14.1. The van der Waals surface area contributed by atoms with Crippen molar-refractivity contribution >= 4 is 6.08 Å². The number of rotatable bonds is 5. The minimum absolute atomic E-state index is 0.273. The Balaban J connectivity index is 1.60. The zero-order valence-electron chi connectivity index (χ0n) is 11.9. The maximum absolute atomic E-state index is 12.8. The molecule has 3 rings (SSSR count). The highest BCUT2D eigenvalue weighted by molar-refractivity contribution is 5.50. The summed E-state index contributed by atoms with van der Waals surface area (Å²) in [5.41, 5.74) is 1.08. The van der Waals surface area contributed by atoms with Crippen molar-refractivity contribution in [1.82, 2.24) is 9.78 Å². The van der Waals surface area contributed by atoms with Gasteiger partial charge in [-0.05, 0) is 48.0 Å². The number of aromatic nitrogens is 2. The second-order valence-electron chi connectivity index (χ2n) is 4.76. The van der Waals surface area contributed by atoms with Crippen LogP contribution in [0.5, 0.6) is 11.5 Å². The molecule has 0 aliphatic heterocycles. The van der Waals surface area contributed by atoms with Gasteiger partial charge in [-0.15, -0.1) is 0 Å². The number of hydrogen-bond donors (Lipinski definition) is 0. The van der Waals surface area contributed by atoms with Crippen LogP contribution in [-0.2, 0) is 6.54 Å². The topological polar surface area (TPSA) is 27.1 Å². The Hall–Kier alpha value is -2.88. The van der Waals surface area contributed by atoms with E-state index in [2.05, 4.69) is 5.10 Å². The highest BCUT2D eigenvalue weighted by Gasteiger charge is 1.97. The molecule has 0 bridgehead atoms. The van der Waals surface area contributed by atoms with Crippen LogP contribution in [0.15, 0.2) is 73.1 Å². The Morgan fingerprint density at radius 2 is 1.68 bits per heavy atom. The van der Waals surface area contributed by atoms with Crippen molar-refractivity contribution in [3.05, 3.63) is 84.4 Å². The van der Waals surface area contributed by atoms with Crippen LogP contribution in [0.3, 0.4) is 0 Å². The zero-order chi connectivity index (χ0) is 15.2. The third kappa shape index (κ3) is 3.82. The molecular formula is C18H15FN2O. The standard InChI is InChI=1S/C18H15FN2O/c19-16-6-10-18(11-7-16)22-17-8-4-15(5-9-17)3-1-13-21-14-2-12-20-21/h1-12,14H,13H2. The van der Waals surface area contributed by atoms with E-state index < -0.39 is 0 Å². The molecule has 0 unspecified atom stereocenters.